The van der Waals surface area contributed by atoms with Crippen LogP contribution in [0, 0.1) is 0 Å². The molecule has 0 spiro atoms. The number of thioether (sulfide) groups is 2. The summed E-state index contributed by atoms with van der Waals surface area (Å²) < 4.78 is 0. The maximum absolute atomic E-state index is 5.43. The van der Waals surface area contributed by atoms with E-state index in [1.807, 2.05) is 23.5 Å². The third-order valence-electron chi connectivity index (χ3n) is 2.35. The number of rotatable bonds is 4. The second-order valence-corrected chi connectivity index (χ2v) is 5.99. The van der Waals surface area contributed by atoms with Crippen LogP contribution in [-0.2, 0) is 6.42 Å². The Morgan fingerprint density at radius 1 is 1.38 bits per heavy atom. The molecular weight excluding hydrogens is 242 g/mol. The molecule has 4 N–H and O–H groups in total. The van der Waals surface area contributed by atoms with E-state index in [1.54, 1.807) is 0 Å². The lowest BCUT2D eigenvalue weighted by Gasteiger charge is -2.14. The zero-order valence-electron chi connectivity index (χ0n) is 9.11. The molecule has 1 aromatic rings. The highest BCUT2D eigenvalue weighted by Crippen LogP contribution is 2.16. The van der Waals surface area contributed by atoms with E-state index < -0.39 is 0 Å². The summed E-state index contributed by atoms with van der Waals surface area (Å²) in [6.45, 7) is 0.931. The van der Waals surface area contributed by atoms with E-state index in [9.17, 15) is 0 Å². The van der Waals surface area contributed by atoms with Gasteiger partial charge in [-0.15, -0.1) is 5.10 Å². The molecule has 1 aliphatic rings. The van der Waals surface area contributed by atoms with Crippen LogP contribution in [0.3, 0.4) is 0 Å². The lowest BCUT2D eigenvalue weighted by Crippen LogP contribution is -2.34. The van der Waals surface area contributed by atoms with Gasteiger partial charge in [-0.3, -0.25) is 5.10 Å². The third kappa shape index (κ3) is 3.88. The lowest BCUT2D eigenvalue weighted by atomic mass is 10.3. The van der Waals surface area contributed by atoms with Crippen molar-refractivity contribution in [1.29, 1.82) is 0 Å². The summed E-state index contributed by atoms with van der Waals surface area (Å²) in [6.07, 6.45) is 0.857. The first-order valence-electron chi connectivity index (χ1n) is 5.40. The normalized spacial score (nSPS) is 18.5. The van der Waals surface area contributed by atoms with Crippen molar-refractivity contribution in [2.45, 2.75) is 12.5 Å². The number of anilines is 1. The van der Waals surface area contributed by atoms with Gasteiger partial charge in [-0.2, -0.15) is 28.5 Å². The van der Waals surface area contributed by atoms with Gasteiger partial charge in [0.1, 0.15) is 5.82 Å². The number of H-pyrrole nitrogens is 1. The average molecular weight is 259 g/mol. The third-order valence-corrected chi connectivity index (χ3v) is 4.87. The molecule has 0 aromatic carbocycles. The number of hydrogen-bond donors (Lipinski definition) is 3. The molecule has 2 heterocycles. The smallest absolute Gasteiger partial charge is 0.239 e. The van der Waals surface area contributed by atoms with Crippen molar-refractivity contribution < 1.29 is 0 Å². The van der Waals surface area contributed by atoms with Gasteiger partial charge in [0.25, 0.3) is 0 Å². The Kier molecular flexibility index (Phi) is 4.80. The van der Waals surface area contributed by atoms with Gasteiger partial charge in [0.15, 0.2) is 0 Å². The Morgan fingerprint density at radius 2 is 2.12 bits per heavy atom. The molecule has 2 rings (SSSR count). The number of hydrogen-bond acceptors (Lipinski definition) is 6. The van der Waals surface area contributed by atoms with Gasteiger partial charge >= 0.3 is 0 Å². The molecule has 1 fully saturated rings. The van der Waals surface area contributed by atoms with Gasteiger partial charge < -0.3 is 11.1 Å². The summed E-state index contributed by atoms with van der Waals surface area (Å²) in [6, 6.07) is 0.623. The fourth-order valence-corrected chi connectivity index (χ4v) is 4.02. The van der Waals surface area contributed by atoms with E-state index in [2.05, 4.69) is 20.5 Å². The highest BCUT2D eigenvalue weighted by Gasteiger charge is 2.11. The van der Waals surface area contributed by atoms with Crippen molar-refractivity contribution in [2.24, 2.45) is 0 Å². The zero-order valence-corrected chi connectivity index (χ0v) is 10.7. The highest BCUT2D eigenvalue weighted by molar-refractivity contribution is 8.03. The predicted molar refractivity (Wildman–Crippen MR) is 70.9 cm³/mol. The van der Waals surface area contributed by atoms with Gasteiger partial charge in [-0.25, -0.2) is 0 Å². The molecule has 0 bridgehead atoms. The van der Waals surface area contributed by atoms with Gasteiger partial charge in [-0.1, -0.05) is 0 Å². The maximum atomic E-state index is 5.43. The van der Waals surface area contributed by atoms with E-state index in [1.165, 1.54) is 23.0 Å². The fourth-order valence-electron chi connectivity index (χ4n) is 1.55. The van der Waals surface area contributed by atoms with Crippen molar-refractivity contribution in [3.63, 3.8) is 0 Å². The van der Waals surface area contributed by atoms with Crippen LogP contribution < -0.4 is 11.1 Å². The molecule has 90 valence electrons. The minimum absolute atomic E-state index is 0.329. The minimum atomic E-state index is 0.329. The van der Waals surface area contributed by atoms with Gasteiger partial charge in [0.2, 0.25) is 5.95 Å². The van der Waals surface area contributed by atoms with E-state index >= 15 is 0 Å². The van der Waals surface area contributed by atoms with Gasteiger partial charge in [0.05, 0.1) is 0 Å². The summed E-state index contributed by atoms with van der Waals surface area (Å²) in [5.74, 6) is 6.18. The molecule has 0 atom stereocenters. The molecule has 0 unspecified atom stereocenters. The molecule has 0 aliphatic carbocycles. The number of nitrogens with two attached hydrogens (primary N) is 1. The molecule has 0 radical (unpaired) electrons. The van der Waals surface area contributed by atoms with Crippen molar-refractivity contribution >= 4 is 29.5 Å². The second kappa shape index (κ2) is 6.36. The second-order valence-electron chi connectivity index (χ2n) is 3.69. The topological polar surface area (TPSA) is 79.6 Å². The SMILES string of the molecule is Nc1n[nH]c(CCNC2CSCCSC2)n1. The standard InChI is InChI=1S/C9H17N5S2/c10-9-12-8(13-14-9)1-2-11-7-5-15-3-4-16-6-7/h7,11H,1-6H2,(H3,10,12,13,14). The number of aromatic amines is 1. The van der Waals surface area contributed by atoms with Crippen molar-refractivity contribution in [1.82, 2.24) is 20.5 Å². The van der Waals surface area contributed by atoms with Crippen LogP contribution in [0.2, 0.25) is 0 Å². The first kappa shape index (κ1) is 12.1. The van der Waals surface area contributed by atoms with Crippen LogP contribution in [0.25, 0.3) is 0 Å². The molecule has 16 heavy (non-hydrogen) atoms. The Balaban J connectivity index is 1.67. The van der Waals surface area contributed by atoms with Crippen LogP contribution in [0.4, 0.5) is 5.95 Å². The van der Waals surface area contributed by atoms with E-state index in [0.717, 1.165) is 18.8 Å². The number of nitrogens with one attached hydrogen (secondary N) is 2. The predicted octanol–water partition coefficient (Wildman–Crippen LogP) is 0.368. The monoisotopic (exact) mass is 259 g/mol. The summed E-state index contributed by atoms with van der Waals surface area (Å²) in [5.41, 5.74) is 5.43. The molecule has 5 nitrogen and oxygen atoms in total. The summed E-state index contributed by atoms with van der Waals surface area (Å²) >= 11 is 4.07. The number of nitrogens with zero attached hydrogens (tertiary/aromatic N) is 2. The first-order valence-corrected chi connectivity index (χ1v) is 7.71. The van der Waals surface area contributed by atoms with E-state index in [-0.39, 0.29) is 0 Å². The lowest BCUT2D eigenvalue weighted by molar-refractivity contribution is 0.597. The summed E-state index contributed by atoms with van der Waals surface area (Å²) in [7, 11) is 0. The Hall–Kier alpha value is -0.400. The van der Waals surface area contributed by atoms with Crippen LogP contribution in [0.5, 0.6) is 0 Å². The molecular formula is C9H17N5S2. The molecule has 1 saturated heterocycles. The number of aromatic nitrogens is 3. The van der Waals surface area contributed by atoms with E-state index in [4.69, 9.17) is 5.73 Å². The minimum Gasteiger partial charge on any atom is -0.367 e. The van der Waals surface area contributed by atoms with Crippen LogP contribution in [-0.4, -0.2) is 50.8 Å². The largest absolute Gasteiger partial charge is 0.367 e. The molecule has 7 heteroatoms. The zero-order chi connectivity index (χ0) is 11.2. The average Bonchev–Trinajstić information content (AvgIpc) is 2.54. The summed E-state index contributed by atoms with van der Waals surface area (Å²) in [5, 5.41) is 10.2. The van der Waals surface area contributed by atoms with Crippen molar-refractivity contribution in [3.8, 4) is 0 Å². The van der Waals surface area contributed by atoms with Crippen molar-refractivity contribution in [3.05, 3.63) is 5.82 Å². The molecule has 1 aromatic heterocycles. The van der Waals surface area contributed by atoms with Crippen LogP contribution >= 0.6 is 23.5 Å². The molecule has 0 saturated carbocycles. The Morgan fingerprint density at radius 3 is 2.75 bits per heavy atom. The molecule has 0 amide bonds. The fraction of sp³-hybridized carbons (Fsp3) is 0.778. The van der Waals surface area contributed by atoms with Gasteiger partial charge in [-0.05, 0) is 0 Å². The first-order chi connectivity index (χ1) is 7.84. The van der Waals surface area contributed by atoms with Crippen LogP contribution in [0.15, 0.2) is 0 Å². The molecule has 1 aliphatic heterocycles. The quantitative estimate of drug-likeness (QED) is 0.725. The number of nitrogen functional groups attached to an aromatic ring is 1. The van der Waals surface area contributed by atoms with E-state index in [0.29, 0.717) is 12.0 Å². The summed E-state index contributed by atoms with van der Waals surface area (Å²) in [4.78, 5) is 4.07. The van der Waals surface area contributed by atoms with Gasteiger partial charge in [0, 0.05) is 42.0 Å². The highest BCUT2D eigenvalue weighted by atomic mass is 32.2. The Labute approximate surface area is 104 Å². The van der Waals surface area contributed by atoms with Crippen LogP contribution in [0.1, 0.15) is 5.82 Å². The van der Waals surface area contributed by atoms with Crippen molar-refractivity contribution in [2.75, 3.05) is 35.3 Å². The Bertz CT molecular complexity index is 309. The maximum Gasteiger partial charge on any atom is 0.239 e.